The topological polar surface area (TPSA) is 65.8 Å². The third-order valence-corrected chi connectivity index (χ3v) is 4.22. The van der Waals surface area contributed by atoms with Crippen LogP contribution in [0.15, 0.2) is 29.6 Å². The van der Waals surface area contributed by atoms with Crippen molar-refractivity contribution in [2.75, 3.05) is 0 Å². The van der Waals surface area contributed by atoms with Gasteiger partial charge in [0.05, 0.1) is 16.8 Å². The van der Waals surface area contributed by atoms with Crippen molar-refractivity contribution < 1.29 is 4.79 Å². The zero-order valence-corrected chi connectivity index (χ0v) is 13.7. The fraction of sp³-hybridized carbons (Fsp3) is 0.312. The minimum atomic E-state index is -0.647. The summed E-state index contributed by atoms with van der Waals surface area (Å²) >= 11 is 7.43. The van der Waals surface area contributed by atoms with Gasteiger partial charge in [-0.25, -0.2) is 4.98 Å². The molecule has 2 aromatic rings. The van der Waals surface area contributed by atoms with Crippen molar-refractivity contribution in [3.63, 3.8) is 0 Å². The fourth-order valence-electron chi connectivity index (χ4n) is 2.03. The number of carbonyl (C=O) groups is 1. The normalized spacial score (nSPS) is 11.7. The van der Waals surface area contributed by atoms with Gasteiger partial charge in [0.2, 0.25) is 5.91 Å². The molecule has 1 amide bonds. The van der Waals surface area contributed by atoms with E-state index in [0.717, 1.165) is 22.7 Å². The molecule has 1 heterocycles. The predicted molar refractivity (Wildman–Crippen MR) is 87.7 cm³/mol. The first-order valence-electron chi connectivity index (χ1n) is 6.94. The molecule has 1 N–H and O–H groups in total. The number of nitrogens with one attached hydrogen (secondary N) is 1. The molecule has 1 aromatic heterocycles. The van der Waals surface area contributed by atoms with E-state index >= 15 is 0 Å². The van der Waals surface area contributed by atoms with E-state index in [0.29, 0.717) is 17.9 Å². The van der Waals surface area contributed by atoms with Crippen LogP contribution in [-0.2, 0) is 11.2 Å². The molecule has 0 aliphatic heterocycles. The smallest absolute Gasteiger partial charge is 0.221 e. The van der Waals surface area contributed by atoms with Crippen LogP contribution in [0.2, 0.25) is 5.02 Å². The van der Waals surface area contributed by atoms with Gasteiger partial charge in [0.15, 0.2) is 0 Å². The molecule has 0 bridgehead atoms. The maximum absolute atomic E-state index is 11.9. The van der Waals surface area contributed by atoms with Gasteiger partial charge in [-0.1, -0.05) is 23.7 Å². The molecule has 0 radical (unpaired) electrons. The van der Waals surface area contributed by atoms with Crippen molar-refractivity contribution in [2.24, 2.45) is 0 Å². The van der Waals surface area contributed by atoms with E-state index in [1.54, 1.807) is 35.6 Å². The van der Waals surface area contributed by atoms with Crippen molar-refractivity contribution >= 4 is 28.8 Å². The Bertz CT molecular complexity index is 675. The lowest BCUT2D eigenvalue weighted by atomic mass is 10.1. The van der Waals surface area contributed by atoms with Crippen molar-refractivity contribution in [1.82, 2.24) is 10.3 Å². The van der Waals surface area contributed by atoms with Crippen LogP contribution in [0.4, 0.5) is 0 Å². The number of rotatable bonds is 6. The van der Waals surface area contributed by atoms with E-state index in [9.17, 15) is 10.1 Å². The van der Waals surface area contributed by atoms with Gasteiger partial charge in [0.25, 0.3) is 0 Å². The third-order valence-electron chi connectivity index (χ3n) is 3.14. The van der Waals surface area contributed by atoms with Crippen LogP contribution in [0.25, 0.3) is 0 Å². The molecule has 0 spiro atoms. The Morgan fingerprint density at radius 1 is 1.45 bits per heavy atom. The third kappa shape index (κ3) is 4.83. The molecule has 4 nitrogen and oxygen atoms in total. The number of aryl methyl sites for hydroxylation is 2. The molecule has 0 saturated heterocycles. The summed E-state index contributed by atoms with van der Waals surface area (Å²) in [6.07, 6.45) is 1.87. The summed E-state index contributed by atoms with van der Waals surface area (Å²) in [5.41, 5.74) is 1.75. The van der Waals surface area contributed by atoms with Gasteiger partial charge < -0.3 is 5.32 Å². The number of amides is 1. The number of nitriles is 1. The van der Waals surface area contributed by atoms with Gasteiger partial charge in [-0.3, -0.25) is 4.79 Å². The van der Waals surface area contributed by atoms with Gasteiger partial charge in [-0.05, 0) is 37.5 Å². The van der Waals surface area contributed by atoms with Crippen molar-refractivity contribution in [3.05, 3.63) is 50.9 Å². The Morgan fingerprint density at radius 3 is 2.77 bits per heavy atom. The van der Waals surface area contributed by atoms with Crippen LogP contribution in [0.1, 0.15) is 35.1 Å². The molecule has 1 unspecified atom stereocenters. The standard InChI is InChI=1S/C16H16ClN3OS/c1-11-19-14(10-22-11)3-2-4-16(21)20-15(9-18)12-5-7-13(17)8-6-12/h5-8,10,15H,2-4H2,1H3,(H,20,21). The Labute approximate surface area is 138 Å². The molecule has 0 saturated carbocycles. The molecule has 1 aromatic carbocycles. The summed E-state index contributed by atoms with van der Waals surface area (Å²) in [6.45, 7) is 1.96. The second-order valence-corrected chi connectivity index (χ2v) is 6.39. The zero-order chi connectivity index (χ0) is 15.9. The van der Waals surface area contributed by atoms with E-state index in [1.807, 2.05) is 12.3 Å². The number of carbonyl (C=O) groups excluding carboxylic acids is 1. The highest BCUT2D eigenvalue weighted by atomic mass is 35.5. The van der Waals surface area contributed by atoms with Crippen LogP contribution < -0.4 is 5.32 Å². The Balaban J connectivity index is 1.82. The lowest BCUT2D eigenvalue weighted by Gasteiger charge is -2.12. The van der Waals surface area contributed by atoms with Crippen molar-refractivity contribution in [2.45, 2.75) is 32.2 Å². The van der Waals surface area contributed by atoms with Gasteiger partial charge in [0.1, 0.15) is 6.04 Å². The zero-order valence-electron chi connectivity index (χ0n) is 12.2. The first-order valence-corrected chi connectivity index (χ1v) is 8.19. The van der Waals surface area contributed by atoms with Gasteiger partial charge in [-0.2, -0.15) is 5.26 Å². The van der Waals surface area contributed by atoms with Gasteiger partial charge in [-0.15, -0.1) is 11.3 Å². The van der Waals surface area contributed by atoms with E-state index in [2.05, 4.69) is 16.4 Å². The van der Waals surface area contributed by atoms with Gasteiger partial charge in [0, 0.05) is 16.8 Å². The summed E-state index contributed by atoms with van der Waals surface area (Å²) in [5, 5.41) is 15.6. The second kappa shape index (κ2) is 7.92. The summed E-state index contributed by atoms with van der Waals surface area (Å²) in [5.74, 6) is -0.131. The maximum Gasteiger partial charge on any atom is 0.221 e. The molecule has 22 heavy (non-hydrogen) atoms. The molecular formula is C16H16ClN3OS. The van der Waals surface area contributed by atoms with Crippen LogP contribution in [0.5, 0.6) is 0 Å². The van der Waals surface area contributed by atoms with E-state index in [1.165, 1.54) is 0 Å². The number of hydrogen-bond donors (Lipinski definition) is 1. The van der Waals surface area contributed by atoms with E-state index in [-0.39, 0.29) is 5.91 Å². The predicted octanol–water partition coefficient (Wildman–Crippen LogP) is 3.81. The van der Waals surface area contributed by atoms with E-state index in [4.69, 9.17) is 11.6 Å². The highest BCUT2D eigenvalue weighted by molar-refractivity contribution is 7.09. The second-order valence-electron chi connectivity index (χ2n) is 4.89. The monoisotopic (exact) mass is 333 g/mol. The van der Waals surface area contributed by atoms with Crippen LogP contribution in [0, 0.1) is 18.3 Å². The molecule has 0 fully saturated rings. The Kier molecular flexibility index (Phi) is 5.93. The average molecular weight is 334 g/mol. The number of benzene rings is 1. The molecule has 2 rings (SSSR count). The number of nitrogens with zero attached hydrogens (tertiary/aromatic N) is 2. The maximum atomic E-state index is 11.9. The first kappa shape index (κ1) is 16.5. The van der Waals surface area contributed by atoms with E-state index < -0.39 is 6.04 Å². The molecular weight excluding hydrogens is 318 g/mol. The fourth-order valence-corrected chi connectivity index (χ4v) is 2.80. The molecule has 0 aliphatic carbocycles. The molecule has 1 atom stereocenters. The SMILES string of the molecule is Cc1nc(CCCC(=O)NC(C#N)c2ccc(Cl)cc2)cs1. The quantitative estimate of drug-likeness (QED) is 0.874. The van der Waals surface area contributed by atoms with Gasteiger partial charge >= 0.3 is 0 Å². The molecule has 6 heteroatoms. The molecule has 114 valence electrons. The lowest BCUT2D eigenvalue weighted by Crippen LogP contribution is -2.27. The summed E-state index contributed by atoms with van der Waals surface area (Å²) in [6, 6.07) is 8.35. The Morgan fingerprint density at radius 2 is 2.18 bits per heavy atom. The average Bonchev–Trinajstić information content (AvgIpc) is 2.91. The largest absolute Gasteiger partial charge is 0.337 e. The number of halogens is 1. The van der Waals surface area contributed by atoms with Crippen LogP contribution >= 0.6 is 22.9 Å². The number of aromatic nitrogens is 1. The summed E-state index contributed by atoms with van der Waals surface area (Å²) in [7, 11) is 0. The van der Waals surface area contributed by atoms with Crippen molar-refractivity contribution in [1.29, 1.82) is 5.26 Å². The Hall–Kier alpha value is -1.90. The summed E-state index contributed by atoms with van der Waals surface area (Å²) in [4.78, 5) is 16.3. The van der Waals surface area contributed by atoms with Crippen LogP contribution in [-0.4, -0.2) is 10.9 Å². The minimum Gasteiger partial charge on any atom is -0.337 e. The first-order chi connectivity index (χ1) is 10.6. The minimum absolute atomic E-state index is 0.131. The highest BCUT2D eigenvalue weighted by Crippen LogP contribution is 2.16. The molecule has 0 aliphatic rings. The number of hydrogen-bond acceptors (Lipinski definition) is 4. The highest BCUT2D eigenvalue weighted by Gasteiger charge is 2.13. The lowest BCUT2D eigenvalue weighted by molar-refractivity contribution is -0.121. The summed E-state index contributed by atoms with van der Waals surface area (Å²) < 4.78 is 0. The van der Waals surface area contributed by atoms with Crippen LogP contribution in [0.3, 0.4) is 0 Å². The van der Waals surface area contributed by atoms with Crippen molar-refractivity contribution in [3.8, 4) is 6.07 Å². The number of thiazole rings is 1.